The molecule has 1 heterocycles. The summed E-state index contributed by atoms with van der Waals surface area (Å²) < 4.78 is 1.20. The monoisotopic (exact) mass is 227 g/mol. The van der Waals surface area contributed by atoms with E-state index < -0.39 is 0 Å². The first kappa shape index (κ1) is 14.0. The molecule has 0 radical (unpaired) electrons. The summed E-state index contributed by atoms with van der Waals surface area (Å²) in [4.78, 5) is 2.67. The minimum absolute atomic E-state index is 0.504. The fraction of sp³-hybridized carbons (Fsp3) is 1.00. The highest BCUT2D eigenvalue weighted by atomic mass is 15.4. The number of hydrogen-bond donors (Lipinski definition) is 0. The van der Waals surface area contributed by atoms with Gasteiger partial charge in [0.1, 0.15) is 0 Å². The number of rotatable bonds is 5. The second-order valence-corrected chi connectivity index (χ2v) is 6.93. The van der Waals surface area contributed by atoms with Gasteiger partial charge in [-0.1, -0.05) is 33.6 Å². The van der Waals surface area contributed by atoms with Crippen molar-refractivity contribution in [2.75, 3.05) is 46.8 Å². The molecule has 1 saturated heterocycles. The van der Waals surface area contributed by atoms with Crippen LogP contribution in [0.1, 0.15) is 40.0 Å². The predicted molar refractivity (Wildman–Crippen MR) is 71.6 cm³/mol. The van der Waals surface area contributed by atoms with E-state index in [-0.39, 0.29) is 0 Å². The van der Waals surface area contributed by atoms with E-state index in [1.54, 1.807) is 0 Å². The summed E-state index contributed by atoms with van der Waals surface area (Å²) in [5, 5.41) is 0. The lowest BCUT2D eigenvalue weighted by Gasteiger charge is -2.41. The van der Waals surface area contributed by atoms with Crippen molar-refractivity contribution in [3.8, 4) is 0 Å². The maximum absolute atomic E-state index is 2.67. The highest BCUT2D eigenvalue weighted by Crippen LogP contribution is 2.25. The molecule has 0 aliphatic carbocycles. The number of unbranched alkanes of at least 4 members (excludes halogenated alkanes) is 1. The zero-order valence-electron chi connectivity index (χ0n) is 12.1. The molecule has 0 N–H and O–H groups in total. The molecule has 2 nitrogen and oxygen atoms in total. The van der Waals surface area contributed by atoms with Crippen LogP contribution >= 0.6 is 0 Å². The maximum Gasteiger partial charge on any atom is 0.0912 e. The first-order valence-electron chi connectivity index (χ1n) is 6.89. The lowest BCUT2D eigenvalue weighted by atomic mass is 9.86. The maximum atomic E-state index is 2.67. The molecule has 0 aromatic heterocycles. The van der Waals surface area contributed by atoms with E-state index in [9.17, 15) is 0 Å². The van der Waals surface area contributed by atoms with Crippen LogP contribution in [0.5, 0.6) is 0 Å². The van der Waals surface area contributed by atoms with Gasteiger partial charge in [0.2, 0.25) is 0 Å². The first-order chi connectivity index (χ1) is 7.35. The summed E-state index contributed by atoms with van der Waals surface area (Å²) in [6.07, 6.45) is 4.08. The Morgan fingerprint density at radius 3 is 2.19 bits per heavy atom. The molecule has 0 atom stereocenters. The van der Waals surface area contributed by atoms with E-state index in [1.807, 2.05) is 0 Å². The van der Waals surface area contributed by atoms with Gasteiger partial charge in [-0.3, -0.25) is 4.90 Å². The smallest absolute Gasteiger partial charge is 0.0912 e. The molecule has 0 saturated carbocycles. The van der Waals surface area contributed by atoms with Crippen LogP contribution in [0.3, 0.4) is 0 Å². The van der Waals surface area contributed by atoms with Crippen LogP contribution < -0.4 is 0 Å². The van der Waals surface area contributed by atoms with E-state index in [4.69, 9.17) is 0 Å². The zero-order chi connectivity index (χ0) is 12.2. The lowest BCUT2D eigenvalue weighted by Crippen LogP contribution is -2.56. The number of likely N-dealkylation sites (N-methyl/N-ethyl adjacent to an activating group) is 1. The highest BCUT2D eigenvalue weighted by molar-refractivity contribution is 4.75. The Hall–Kier alpha value is -0.0800. The second kappa shape index (κ2) is 5.50. The molecule has 96 valence electrons. The number of hydrogen-bond acceptors (Lipinski definition) is 1. The Kier molecular flexibility index (Phi) is 4.81. The third-order valence-corrected chi connectivity index (χ3v) is 3.90. The molecule has 0 aromatic rings. The average molecular weight is 227 g/mol. The normalized spacial score (nSPS) is 22.3. The van der Waals surface area contributed by atoms with Gasteiger partial charge in [-0.2, -0.15) is 0 Å². The molecule has 1 aliphatic rings. The molecule has 0 spiro atoms. The molecule has 0 aromatic carbocycles. The summed E-state index contributed by atoms with van der Waals surface area (Å²) in [7, 11) is 4.69. The molecule has 1 rings (SSSR count). The van der Waals surface area contributed by atoms with Crippen molar-refractivity contribution < 1.29 is 4.48 Å². The van der Waals surface area contributed by atoms with E-state index in [1.165, 1.54) is 56.5 Å². The standard InChI is InChI=1S/C14H31N2/c1-6-7-8-14(2,3)13-15-9-11-16(4,5)12-10-15/h6-13H2,1-5H3/q+1. The summed E-state index contributed by atoms with van der Waals surface area (Å²) in [5.41, 5.74) is 0.504. The largest absolute Gasteiger partial charge is 0.326 e. The molecule has 2 heteroatoms. The molecule has 0 unspecified atom stereocenters. The van der Waals surface area contributed by atoms with Crippen LogP contribution in [0.25, 0.3) is 0 Å². The molecule has 1 fully saturated rings. The van der Waals surface area contributed by atoms with E-state index in [0.29, 0.717) is 5.41 Å². The van der Waals surface area contributed by atoms with Crippen LogP contribution in [0, 0.1) is 5.41 Å². The molecule has 0 amide bonds. The van der Waals surface area contributed by atoms with Crippen LogP contribution in [0.15, 0.2) is 0 Å². The van der Waals surface area contributed by atoms with Crippen molar-refractivity contribution >= 4 is 0 Å². The molecule has 1 aliphatic heterocycles. The summed E-state index contributed by atoms with van der Waals surface area (Å²) >= 11 is 0. The van der Waals surface area contributed by atoms with E-state index >= 15 is 0 Å². The van der Waals surface area contributed by atoms with Crippen LogP contribution in [-0.4, -0.2) is 56.2 Å². The third-order valence-electron chi connectivity index (χ3n) is 3.90. The number of piperazine rings is 1. The predicted octanol–water partition coefficient (Wildman–Crippen LogP) is 2.59. The lowest BCUT2D eigenvalue weighted by molar-refractivity contribution is -0.894. The average Bonchev–Trinajstić information content (AvgIpc) is 2.18. The van der Waals surface area contributed by atoms with Crippen LogP contribution in [-0.2, 0) is 0 Å². The topological polar surface area (TPSA) is 3.24 Å². The summed E-state index contributed by atoms with van der Waals surface area (Å²) in [6.45, 7) is 13.6. The van der Waals surface area contributed by atoms with Gasteiger partial charge in [0.25, 0.3) is 0 Å². The SMILES string of the molecule is CCCCC(C)(C)CN1CC[N+](C)(C)CC1. The van der Waals surface area contributed by atoms with Gasteiger partial charge in [0, 0.05) is 19.6 Å². The summed E-state index contributed by atoms with van der Waals surface area (Å²) in [5.74, 6) is 0. The molecular formula is C14H31N2+. The van der Waals surface area contributed by atoms with Gasteiger partial charge < -0.3 is 4.48 Å². The van der Waals surface area contributed by atoms with Crippen LogP contribution in [0.4, 0.5) is 0 Å². The Balaban J connectivity index is 2.32. The Morgan fingerprint density at radius 1 is 1.12 bits per heavy atom. The van der Waals surface area contributed by atoms with Crippen molar-refractivity contribution in [2.45, 2.75) is 40.0 Å². The van der Waals surface area contributed by atoms with Crippen molar-refractivity contribution in [3.63, 3.8) is 0 Å². The molecular weight excluding hydrogens is 196 g/mol. The highest BCUT2D eigenvalue weighted by Gasteiger charge is 2.28. The molecule has 0 bridgehead atoms. The van der Waals surface area contributed by atoms with Gasteiger partial charge in [0.05, 0.1) is 27.2 Å². The quantitative estimate of drug-likeness (QED) is 0.653. The van der Waals surface area contributed by atoms with Crippen LogP contribution in [0.2, 0.25) is 0 Å². The van der Waals surface area contributed by atoms with Gasteiger partial charge in [0.15, 0.2) is 0 Å². The zero-order valence-corrected chi connectivity index (χ0v) is 12.1. The van der Waals surface area contributed by atoms with Gasteiger partial charge in [-0.15, -0.1) is 0 Å². The van der Waals surface area contributed by atoms with Crippen molar-refractivity contribution in [1.82, 2.24) is 4.90 Å². The minimum Gasteiger partial charge on any atom is -0.326 e. The van der Waals surface area contributed by atoms with Crippen molar-refractivity contribution in [1.29, 1.82) is 0 Å². The Morgan fingerprint density at radius 2 is 1.69 bits per heavy atom. The minimum atomic E-state index is 0.504. The third kappa shape index (κ3) is 4.84. The Labute approximate surface area is 102 Å². The molecule has 16 heavy (non-hydrogen) atoms. The Bertz CT molecular complexity index is 199. The summed E-state index contributed by atoms with van der Waals surface area (Å²) in [6, 6.07) is 0. The van der Waals surface area contributed by atoms with Crippen molar-refractivity contribution in [2.24, 2.45) is 5.41 Å². The van der Waals surface area contributed by atoms with E-state index in [0.717, 1.165) is 0 Å². The number of quaternary nitrogens is 1. The van der Waals surface area contributed by atoms with Gasteiger partial charge in [-0.05, 0) is 11.8 Å². The van der Waals surface area contributed by atoms with E-state index in [2.05, 4.69) is 39.8 Å². The van der Waals surface area contributed by atoms with Gasteiger partial charge in [-0.25, -0.2) is 0 Å². The fourth-order valence-electron chi connectivity index (χ4n) is 2.55. The van der Waals surface area contributed by atoms with Crippen molar-refractivity contribution in [3.05, 3.63) is 0 Å². The second-order valence-electron chi connectivity index (χ2n) is 6.93. The first-order valence-corrected chi connectivity index (χ1v) is 6.89. The number of nitrogens with zero attached hydrogens (tertiary/aromatic N) is 2. The van der Waals surface area contributed by atoms with Gasteiger partial charge >= 0.3 is 0 Å². The fourth-order valence-corrected chi connectivity index (χ4v) is 2.55.